The third kappa shape index (κ3) is 7.52. The van der Waals surface area contributed by atoms with E-state index in [2.05, 4.69) is 22.2 Å². The Kier molecular flexibility index (Phi) is 10.6. The number of halogens is 1. The maximum atomic E-state index is 10.8. The van der Waals surface area contributed by atoms with Crippen LogP contribution in [-0.2, 0) is 12.1 Å². The molecule has 28 heavy (non-hydrogen) atoms. The van der Waals surface area contributed by atoms with E-state index < -0.39 is 5.60 Å². The van der Waals surface area contributed by atoms with Crippen LogP contribution in [0.5, 0.6) is 5.75 Å². The Morgan fingerprint density at radius 2 is 1.82 bits per heavy atom. The molecule has 0 spiro atoms. The number of nitrogens with one attached hydrogen (secondary N) is 2. The summed E-state index contributed by atoms with van der Waals surface area (Å²) < 4.78 is 5.68. The smallest absolute Gasteiger partial charge is 0.191 e. The van der Waals surface area contributed by atoms with Crippen LogP contribution in [0.15, 0.2) is 72.2 Å². The number of para-hydroxylation sites is 1. The first kappa shape index (κ1) is 24.0. The highest BCUT2D eigenvalue weighted by molar-refractivity contribution is 14.0. The highest BCUT2D eigenvalue weighted by Crippen LogP contribution is 2.20. The van der Waals surface area contributed by atoms with E-state index in [1.54, 1.807) is 13.0 Å². The second-order valence-electron chi connectivity index (χ2n) is 6.40. The van der Waals surface area contributed by atoms with Crippen molar-refractivity contribution in [2.45, 2.75) is 26.0 Å². The van der Waals surface area contributed by atoms with Crippen molar-refractivity contribution in [2.24, 2.45) is 4.99 Å². The Bertz CT molecular complexity index is 748. The largest absolute Gasteiger partial charge is 0.489 e. The molecule has 2 rings (SSSR count). The van der Waals surface area contributed by atoms with Crippen molar-refractivity contribution in [3.05, 3.63) is 78.4 Å². The number of benzene rings is 2. The number of hydrogen-bond donors (Lipinski definition) is 3. The number of aliphatic imine (C=N–C) groups is 1. The van der Waals surface area contributed by atoms with Gasteiger partial charge in [0.2, 0.25) is 0 Å². The SMILES string of the molecule is C=CCOc1ccccc1CN=C(NCC)NCC(C)(O)c1ccccc1.I. The van der Waals surface area contributed by atoms with E-state index in [1.165, 1.54) is 0 Å². The molecule has 2 aromatic carbocycles. The third-order valence-electron chi connectivity index (χ3n) is 4.08. The van der Waals surface area contributed by atoms with E-state index in [1.807, 2.05) is 61.5 Å². The van der Waals surface area contributed by atoms with Gasteiger partial charge in [0.15, 0.2) is 5.96 Å². The van der Waals surface area contributed by atoms with E-state index in [-0.39, 0.29) is 24.0 Å². The number of rotatable bonds is 9. The molecule has 0 amide bonds. The highest BCUT2D eigenvalue weighted by atomic mass is 127. The van der Waals surface area contributed by atoms with E-state index in [9.17, 15) is 5.11 Å². The Hall–Kier alpha value is -2.06. The lowest BCUT2D eigenvalue weighted by molar-refractivity contribution is 0.0617. The van der Waals surface area contributed by atoms with Gasteiger partial charge < -0.3 is 20.5 Å². The van der Waals surface area contributed by atoms with Gasteiger partial charge in [-0.15, -0.1) is 24.0 Å². The van der Waals surface area contributed by atoms with Crippen LogP contribution in [0.4, 0.5) is 0 Å². The standard InChI is InChI=1S/C22H29N3O2.HI/c1-4-15-27-20-14-10-9-11-18(20)16-24-21(23-5-2)25-17-22(3,26)19-12-7-6-8-13-19;/h4,6-14,26H,1,5,15-17H2,2-3H3,(H2,23,24,25);1H. The van der Waals surface area contributed by atoms with Crippen LogP contribution in [-0.4, -0.2) is 30.8 Å². The fourth-order valence-corrected chi connectivity index (χ4v) is 2.59. The predicted octanol–water partition coefficient (Wildman–Crippen LogP) is 3.83. The number of hydrogen-bond acceptors (Lipinski definition) is 3. The van der Waals surface area contributed by atoms with Crippen molar-refractivity contribution in [2.75, 3.05) is 19.7 Å². The molecule has 0 aromatic heterocycles. The molecule has 0 fully saturated rings. The summed E-state index contributed by atoms with van der Waals surface area (Å²) in [5.41, 5.74) is 0.852. The van der Waals surface area contributed by atoms with Crippen molar-refractivity contribution in [3.63, 3.8) is 0 Å². The van der Waals surface area contributed by atoms with Gasteiger partial charge in [-0.2, -0.15) is 0 Å². The normalized spacial score (nSPS) is 13.0. The molecule has 0 heterocycles. The van der Waals surface area contributed by atoms with Gasteiger partial charge in [-0.05, 0) is 25.5 Å². The lowest BCUT2D eigenvalue weighted by Crippen LogP contribution is -2.44. The minimum absolute atomic E-state index is 0. The van der Waals surface area contributed by atoms with Crippen LogP contribution < -0.4 is 15.4 Å². The minimum atomic E-state index is -0.998. The van der Waals surface area contributed by atoms with E-state index in [4.69, 9.17) is 4.74 Å². The van der Waals surface area contributed by atoms with Crippen molar-refractivity contribution in [1.82, 2.24) is 10.6 Å². The molecule has 152 valence electrons. The highest BCUT2D eigenvalue weighted by Gasteiger charge is 2.22. The average molecular weight is 495 g/mol. The molecule has 3 N–H and O–H groups in total. The zero-order valence-electron chi connectivity index (χ0n) is 16.5. The Morgan fingerprint density at radius 3 is 2.50 bits per heavy atom. The average Bonchev–Trinajstić information content (AvgIpc) is 2.70. The van der Waals surface area contributed by atoms with Crippen LogP contribution in [0, 0.1) is 0 Å². The summed E-state index contributed by atoms with van der Waals surface area (Å²) in [6, 6.07) is 17.4. The molecule has 0 aliphatic rings. The van der Waals surface area contributed by atoms with E-state index in [0.29, 0.717) is 25.7 Å². The first-order chi connectivity index (χ1) is 13.1. The molecule has 0 aliphatic heterocycles. The van der Waals surface area contributed by atoms with E-state index >= 15 is 0 Å². The Balaban J connectivity index is 0.00000392. The topological polar surface area (TPSA) is 65.9 Å². The van der Waals surface area contributed by atoms with Gasteiger partial charge in [0.1, 0.15) is 18.0 Å². The summed E-state index contributed by atoms with van der Waals surface area (Å²) in [6.07, 6.45) is 1.72. The Labute approximate surface area is 184 Å². The van der Waals surface area contributed by atoms with Crippen molar-refractivity contribution < 1.29 is 9.84 Å². The summed E-state index contributed by atoms with van der Waals surface area (Å²) in [7, 11) is 0. The Morgan fingerprint density at radius 1 is 1.14 bits per heavy atom. The van der Waals surface area contributed by atoms with Gasteiger partial charge in [0.25, 0.3) is 0 Å². The second-order valence-corrected chi connectivity index (χ2v) is 6.40. The molecule has 5 nitrogen and oxygen atoms in total. The molecule has 2 aromatic rings. The fraction of sp³-hybridized carbons (Fsp3) is 0.318. The lowest BCUT2D eigenvalue weighted by Gasteiger charge is -2.25. The zero-order chi connectivity index (χ0) is 19.5. The van der Waals surface area contributed by atoms with Gasteiger partial charge in [-0.25, -0.2) is 4.99 Å². The third-order valence-corrected chi connectivity index (χ3v) is 4.08. The first-order valence-electron chi connectivity index (χ1n) is 9.18. The van der Waals surface area contributed by atoms with Gasteiger partial charge >= 0.3 is 0 Å². The molecule has 0 saturated heterocycles. The van der Waals surface area contributed by atoms with Gasteiger partial charge in [0.05, 0.1) is 13.1 Å². The molecular weight excluding hydrogens is 465 g/mol. The number of ether oxygens (including phenoxy) is 1. The minimum Gasteiger partial charge on any atom is -0.489 e. The summed E-state index contributed by atoms with van der Waals surface area (Å²) in [6.45, 7) is 9.48. The van der Waals surface area contributed by atoms with Crippen LogP contribution in [0.25, 0.3) is 0 Å². The maximum absolute atomic E-state index is 10.8. The molecule has 6 heteroatoms. The zero-order valence-corrected chi connectivity index (χ0v) is 18.9. The first-order valence-corrected chi connectivity index (χ1v) is 9.18. The van der Waals surface area contributed by atoms with Crippen molar-refractivity contribution in [1.29, 1.82) is 0 Å². The van der Waals surface area contributed by atoms with Gasteiger partial charge in [0, 0.05) is 12.1 Å². The van der Waals surface area contributed by atoms with Crippen LogP contribution in [0.3, 0.4) is 0 Å². The van der Waals surface area contributed by atoms with Gasteiger partial charge in [-0.1, -0.05) is 61.2 Å². The molecule has 0 saturated carbocycles. The molecule has 0 aliphatic carbocycles. The molecular formula is C22H30IN3O2. The van der Waals surface area contributed by atoms with Crippen molar-refractivity contribution >= 4 is 29.9 Å². The van der Waals surface area contributed by atoms with Crippen LogP contribution in [0.1, 0.15) is 25.0 Å². The quantitative estimate of drug-likeness (QED) is 0.214. The number of aliphatic hydroxyl groups is 1. The second kappa shape index (κ2) is 12.4. The maximum Gasteiger partial charge on any atom is 0.191 e. The van der Waals surface area contributed by atoms with Crippen LogP contribution >= 0.6 is 24.0 Å². The summed E-state index contributed by atoms with van der Waals surface area (Å²) in [4.78, 5) is 4.63. The molecule has 0 radical (unpaired) electrons. The summed E-state index contributed by atoms with van der Waals surface area (Å²) in [5, 5.41) is 17.2. The molecule has 1 unspecified atom stereocenters. The number of nitrogens with zero attached hydrogens (tertiary/aromatic N) is 1. The van der Waals surface area contributed by atoms with Crippen molar-refractivity contribution in [3.8, 4) is 5.75 Å². The van der Waals surface area contributed by atoms with Gasteiger partial charge in [-0.3, -0.25) is 0 Å². The number of guanidine groups is 1. The fourth-order valence-electron chi connectivity index (χ4n) is 2.59. The predicted molar refractivity (Wildman–Crippen MR) is 126 cm³/mol. The monoisotopic (exact) mass is 495 g/mol. The van der Waals surface area contributed by atoms with E-state index in [0.717, 1.165) is 23.4 Å². The molecule has 1 atom stereocenters. The molecule has 0 bridgehead atoms. The van der Waals surface area contributed by atoms with Crippen LogP contribution in [0.2, 0.25) is 0 Å². The summed E-state index contributed by atoms with van der Waals surface area (Å²) in [5.74, 6) is 1.44. The summed E-state index contributed by atoms with van der Waals surface area (Å²) >= 11 is 0. The lowest BCUT2D eigenvalue weighted by atomic mass is 9.96.